The molecule has 1 aliphatic rings. The van der Waals surface area contributed by atoms with Crippen molar-refractivity contribution in [3.05, 3.63) is 0 Å². The van der Waals surface area contributed by atoms with Gasteiger partial charge in [0.2, 0.25) is 0 Å². The summed E-state index contributed by atoms with van der Waals surface area (Å²) in [4.78, 5) is 4.81. The van der Waals surface area contributed by atoms with Crippen molar-refractivity contribution >= 4 is 0 Å². The van der Waals surface area contributed by atoms with Gasteiger partial charge in [-0.15, -0.1) is 0 Å². The minimum Gasteiger partial charge on any atom is -0.394 e. The van der Waals surface area contributed by atoms with E-state index in [9.17, 15) is 5.11 Å². The molecule has 1 fully saturated rings. The third-order valence-electron chi connectivity index (χ3n) is 4.05. The van der Waals surface area contributed by atoms with Crippen LogP contribution in [0.3, 0.4) is 0 Å². The molecule has 1 heterocycles. The van der Waals surface area contributed by atoms with Crippen LogP contribution in [0, 0.1) is 0 Å². The van der Waals surface area contributed by atoms with Gasteiger partial charge in [0.1, 0.15) is 0 Å². The first kappa shape index (κ1) is 14.9. The summed E-state index contributed by atoms with van der Waals surface area (Å²) in [5.74, 6) is 0. The fourth-order valence-electron chi connectivity index (χ4n) is 2.62. The molecule has 3 atom stereocenters. The Labute approximate surface area is 106 Å². The van der Waals surface area contributed by atoms with E-state index in [0.29, 0.717) is 12.1 Å². The van der Waals surface area contributed by atoms with Crippen LogP contribution in [0.5, 0.6) is 0 Å². The molecule has 0 aromatic rings. The van der Waals surface area contributed by atoms with E-state index in [1.54, 1.807) is 0 Å². The molecule has 0 aromatic carbocycles. The average Bonchev–Trinajstić information content (AvgIpc) is 2.64. The summed E-state index contributed by atoms with van der Waals surface area (Å²) in [6.45, 7) is 6.47. The zero-order chi connectivity index (χ0) is 13.1. The number of aliphatic hydroxyl groups excluding tert-OH is 1. The Morgan fingerprint density at radius 1 is 1.59 bits per heavy atom. The molecular formula is C13H29N3O. The smallest absolute Gasteiger partial charge is 0.0609 e. The maximum Gasteiger partial charge on any atom is 0.0609 e. The molecule has 1 rings (SSSR count). The van der Waals surface area contributed by atoms with E-state index in [1.807, 2.05) is 6.92 Å². The highest BCUT2D eigenvalue weighted by molar-refractivity contribution is 4.85. The Bertz CT molecular complexity index is 233. The van der Waals surface area contributed by atoms with Crippen molar-refractivity contribution in [2.75, 3.05) is 33.8 Å². The van der Waals surface area contributed by atoms with Gasteiger partial charge in [0.05, 0.1) is 6.61 Å². The van der Waals surface area contributed by atoms with Gasteiger partial charge >= 0.3 is 0 Å². The van der Waals surface area contributed by atoms with Crippen molar-refractivity contribution in [3.63, 3.8) is 0 Å². The number of likely N-dealkylation sites (N-methyl/N-ethyl adjacent to an activating group) is 2. The van der Waals surface area contributed by atoms with Crippen molar-refractivity contribution in [2.45, 2.75) is 50.7 Å². The van der Waals surface area contributed by atoms with Gasteiger partial charge in [0.25, 0.3) is 0 Å². The lowest BCUT2D eigenvalue weighted by Crippen LogP contribution is -2.48. The minimum absolute atomic E-state index is 0.0501. The van der Waals surface area contributed by atoms with Crippen LogP contribution in [0.25, 0.3) is 0 Å². The van der Waals surface area contributed by atoms with Crippen LogP contribution < -0.4 is 5.73 Å². The molecule has 0 amide bonds. The number of hydrogen-bond acceptors (Lipinski definition) is 4. The lowest BCUT2D eigenvalue weighted by atomic mass is 9.95. The molecule has 3 N–H and O–H groups in total. The monoisotopic (exact) mass is 243 g/mol. The van der Waals surface area contributed by atoms with Gasteiger partial charge < -0.3 is 20.6 Å². The molecule has 0 spiro atoms. The highest BCUT2D eigenvalue weighted by Gasteiger charge is 2.26. The van der Waals surface area contributed by atoms with E-state index in [2.05, 4.69) is 30.8 Å². The van der Waals surface area contributed by atoms with E-state index in [-0.39, 0.29) is 6.61 Å². The summed E-state index contributed by atoms with van der Waals surface area (Å²) in [5, 5.41) is 9.20. The maximum absolute atomic E-state index is 9.20. The molecule has 17 heavy (non-hydrogen) atoms. The molecule has 0 aromatic heterocycles. The van der Waals surface area contributed by atoms with Crippen molar-refractivity contribution < 1.29 is 5.11 Å². The van der Waals surface area contributed by atoms with Crippen LogP contribution in [-0.4, -0.2) is 66.3 Å². The molecular weight excluding hydrogens is 214 g/mol. The summed E-state index contributed by atoms with van der Waals surface area (Å²) in [6, 6.07) is 1.09. The number of aliphatic hydroxyl groups is 1. The van der Waals surface area contributed by atoms with Crippen LogP contribution in [0.15, 0.2) is 0 Å². The van der Waals surface area contributed by atoms with Crippen LogP contribution >= 0.6 is 0 Å². The molecule has 1 saturated heterocycles. The number of nitrogens with two attached hydrogens (primary N) is 1. The normalized spacial score (nSPS) is 27.4. The number of rotatable bonds is 6. The van der Waals surface area contributed by atoms with E-state index < -0.39 is 5.54 Å². The summed E-state index contributed by atoms with van der Waals surface area (Å²) in [7, 11) is 4.36. The highest BCUT2D eigenvalue weighted by atomic mass is 16.3. The van der Waals surface area contributed by atoms with Crippen molar-refractivity contribution in [1.82, 2.24) is 9.80 Å². The molecule has 4 nitrogen and oxygen atoms in total. The predicted molar refractivity (Wildman–Crippen MR) is 72.0 cm³/mol. The first-order valence-corrected chi connectivity index (χ1v) is 6.66. The molecule has 0 saturated carbocycles. The zero-order valence-corrected chi connectivity index (χ0v) is 11.8. The Balaban J connectivity index is 2.38. The quantitative estimate of drug-likeness (QED) is 0.713. The van der Waals surface area contributed by atoms with Crippen LogP contribution in [0.4, 0.5) is 0 Å². The van der Waals surface area contributed by atoms with Crippen LogP contribution in [0.2, 0.25) is 0 Å². The second-order valence-corrected chi connectivity index (χ2v) is 6.08. The van der Waals surface area contributed by atoms with E-state index in [1.165, 1.54) is 19.4 Å². The standard InChI is InChI=1S/C13H29N3O/c1-11(8-13(2,14)10-17)16(4)9-12-6-5-7-15(12)3/h11-12,17H,5-10,14H2,1-4H3. The fourth-order valence-corrected chi connectivity index (χ4v) is 2.62. The SMILES string of the molecule is CC(CC(C)(N)CO)N(C)CC1CCCN1C. The first-order valence-electron chi connectivity index (χ1n) is 6.66. The van der Waals surface area contributed by atoms with Gasteiger partial charge in [0.15, 0.2) is 0 Å². The van der Waals surface area contributed by atoms with Gasteiger partial charge in [0, 0.05) is 24.2 Å². The molecule has 4 heteroatoms. The van der Waals surface area contributed by atoms with Gasteiger partial charge in [-0.05, 0) is 53.8 Å². The number of nitrogens with zero attached hydrogens (tertiary/aromatic N) is 2. The average molecular weight is 243 g/mol. The zero-order valence-electron chi connectivity index (χ0n) is 11.8. The Hall–Kier alpha value is -0.160. The van der Waals surface area contributed by atoms with Gasteiger partial charge in [-0.25, -0.2) is 0 Å². The van der Waals surface area contributed by atoms with Gasteiger partial charge in [-0.1, -0.05) is 0 Å². The van der Waals surface area contributed by atoms with Crippen molar-refractivity contribution in [1.29, 1.82) is 0 Å². The maximum atomic E-state index is 9.20. The summed E-state index contributed by atoms with van der Waals surface area (Å²) in [6.07, 6.45) is 3.44. The molecule has 102 valence electrons. The summed E-state index contributed by atoms with van der Waals surface area (Å²) >= 11 is 0. The van der Waals surface area contributed by atoms with Crippen molar-refractivity contribution in [3.8, 4) is 0 Å². The highest BCUT2D eigenvalue weighted by Crippen LogP contribution is 2.18. The van der Waals surface area contributed by atoms with Crippen LogP contribution in [0.1, 0.15) is 33.1 Å². The lowest BCUT2D eigenvalue weighted by molar-refractivity contribution is 0.134. The van der Waals surface area contributed by atoms with E-state index in [4.69, 9.17) is 5.73 Å². The lowest BCUT2D eigenvalue weighted by Gasteiger charge is -2.34. The predicted octanol–water partition coefficient (Wildman–Crippen LogP) is 0.501. The first-order chi connectivity index (χ1) is 7.85. The van der Waals surface area contributed by atoms with E-state index in [0.717, 1.165) is 13.0 Å². The third-order valence-corrected chi connectivity index (χ3v) is 4.05. The Morgan fingerprint density at radius 2 is 2.24 bits per heavy atom. The molecule has 0 bridgehead atoms. The summed E-state index contributed by atoms with van der Waals surface area (Å²) in [5.41, 5.74) is 5.54. The summed E-state index contributed by atoms with van der Waals surface area (Å²) < 4.78 is 0. The topological polar surface area (TPSA) is 52.7 Å². The number of likely N-dealkylation sites (tertiary alicyclic amines) is 1. The van der Waals surface area contributed by atoms with E-state index >= 15 is 0 Å². The Kier molecular flexibility index (Phi) is 5.38. The molecule has 1 aliphatic heterocycles. The Morgan fingerprint density at radius 3 is 2.71 bits per heavy atom. The largest absolute Gasteiger partial charge is 0.394 e. The molecule has 3 unspecified atom stereocenters. The second kappa shape index (κ2) is 6.14. The van der Waals surface area contributed by atoms with Crippen molar-refractivity contribution in [2.24, 2.45) is 5.73 Å². The minimum atomic E-state index is -0.463. The third kappa shape index (κ3) is 4.54. The fraction of sp³-hybridized carbons (Fsp3) is 1.00. The molecule has 0 aliphatic carbocycles. The number of hydrogen-bond donors (Lipinski definition) is 2. The van der Waals surface area contributed by atoms with Crippen LogP contribution in [-0.2, 0) is 0 Å². The second-order valence-electron chi connectivity index (χ2n) is 6.08. The van der Waals surface area contributed by atoms with Gasteiger partial charge in [-0.2, -0.15) is 0 Å². The van der Waals surface area contributed by atoms with Gasteiger partial charge in [-0.3, -0.25) is 0 Å². The molecule has 0 radical (unpaired) electrons.